The number of hydrogen-bond acceptors (Lipinski definition) is 6. The average Bonchev–Trinajstić information content (AvgIpc) is 2.69. The second-order valence-electron chi connectivity index (χ2n) is 5.52. The molecule has 0 aromatic carbocycles. The van der Waals surface area contributed by atoms with E-state index in [0.29, 0.717) is 12.0 Å². The van der Waals surface area contributed by atoms with Crippen LogP contribution in [0.2, 0.25) is 0 Å². The lowest BCUT2D eigenvalue weighted by molar-refractivity contribution is -0.191. The molecule has 0 unspecified atom stereocenters. The van der Waals surface area contributed by atoms with Crippen molar-refractivity contribution in [1.82, 2.24) is 9.55 Å². The molecule has 0 aliphatic carbocycles. The van der Waals surface area contributed by atoms with Crippen molar-refractivity contribution in [3.8, 4) is 0 Å². The maximum absolute atomic E-state index is 11.8. The van der Waals surface area contributed by atoms with Crippen molar-refractivity contribution >= 4 is 6.15 Å². The smallest absolute Gasteiger partial charge is 0.373 e. The van der Waals surface area contributed by atoms with Gasteiger partial charge in [-0.2, -0.15) is 9.59 Å². The third kappa shape index (κ3) is 3.75. The Hall–Kier alpha value is -2.02. The Morgan fingerprint density at radius 2 is 2.05 bits per heavy atom. The maximum atomic E-state index is 11.8. The van der Waals surface area contributed by atoms with Gasteiger partial charge in [-0.25, -0.2) is 4.79 Å². The van der Waals surface area contributed by atoms with Gasteiger partial charge in [-0.05, 0) is 12.3 Å². The molecule has 2 rings (SSSR count). The summed E-state index contributed by atoms with van der Waals surface area (Å²) in [4.78, 5) is 41.6. The van der Waals surface area contributed by atoms with Crippen LogP contribution in [0.4, 0.5) is 0 Å². The van der Waals surface area contributed by atoms with Crippen LogP contribution in [0.5, 0.6) is 0 Å². The number of rotatable bonds is 2. The molecular weight excluding hydrogens is 280 g/mol. The first-order valence-electron chi connectivity index (χ1n) is 6.34. The summed E-state index contributed by atoms with van der Waals surface area (Å²) in [5.41, 5.74) is -0.608. The van der Waals surface area contributed by atoms with Crippen LogP contribution < -0.4 is 11.2 Å². The fraction of sp³-hybridized carbons (Fsp3) is 0.615. The molecule has 21 heavy (non-hydrogen) atoms. The molecule has 0 saturated carbocycles. The standard InChI is InChI=1S/C12H18N2O4.CO2/c1-7-5-14(11(17)13-10(7)16)9-4-12(2,3)8(6-15)18-9;2-1-3/h5,8-9,15H,4,6H2,1-3H3,(H,13,16,17);/t8-,9-;/m1./s1. The van der Waals surface area contributed by atoms with Crippen molar-refractivity contribution in [2.24, 2.45) is 5.41 Å². The zero-order chi connectivity index (χ0) is 16.2. The Morgan fingerprint density at radius 3 is 2.52 bits per heavy atom. The first-order valence-corrected chi connectivity index (χ1v) is 6.34. The molecule has 1 fully saturated rings. The van der Waals surface area contributed by atoms with E-state index >= 15 is 0 Å². The van der Waals surface area contributed by atoms with E-state index in [0.717, 1.165) is 0 Å². The highest BCUT2D eigenvalue weighted by Crippen LogP contribution is 2.41. The first kappa shape index (κ1) is 17.0. The Kier molecular flexibility index (Phi) is 5.37. The van der Waals surface area contributed by atoms with Crippen molar-refractivity contribution in [2.75, 3.05) is 6.61 Å². The lowest BCUT2D eigenvalue weighted by atomic mass is 9.85. The van der Waals surface area contributed by atoms with E-state index in [1.165, 1.54) is 10.8 Å². The van der Waals surface area contributed by atoms with Crippen LogP contribution in [0.15, 0.2) is 15.8 Å². The minimum Gasteiger partial charge on any atom is -0.394 e. The van der Waals surface area contributed by atoms with Gasteiger partial charge in [0.25, 0.3) is 5.56 Å². The number of aliphatic hydroxyl groups excluding tert-OH is 1. The van der Waals surface area contributed by atoms with Gasteiger partial charge in [0.15, 0.2) is 0 Å². The summed E-state index contributed by atoms with van der Waals surface area (Å²) in [6, 6.07) is 0. The van der Waals surface area contributed by atoms with Crippen LogP contribution in [0.3, 0.4) is 0 Å². The summed E-state index contributed by atoms with van der Waals surface area (Å²) in [5.74, 6) is 0. The molecule has 8 heteroatoms. The highest BCUT2D eigenvalue weighted by Gasteiger charge is 2.42. The van der Waals surface area contributed by atoms with E-state index in [4.69, 9.17) is 14.3 Å². The van der Waals surface area contributed by atoms with Crippen LogP contribution in [0.25, 0.3) is 0 Å². The van der Waals surface area contributed by atoms with Gasteiger partial charge in [0, 0.05) is 18.2 Å². The summed E-state index contributed by atoms with van der Waals surface area (Å²) < 4.78 is 7.06. The van der Waals surface area contributed by atoms with Crippen LogP contribution in [-0.2, 0) is 14.3 Å². The van der Waals surface area contributed by atoms with Crippen molar-refractivity contribution in [3.05, 3.63) is 32.6 Å². The number of nitrogens with one attached hydrogen (secondary N) is 1. The number of ether oxygens (including phenoxy) is 1. The molecule has 2 atom stereocenters. The van der Waals surface area contributed by atoms with Gasteiger partial charge in [0.05, 0.1) is 12.7 Å². The molecule has 2 heterocycles. The van der Waals surface area contributed by atoms with Crippen molar-refractivity contribution in [3.63, 3.8) is 0 Å². The third-order valence-electron chi connectivity index (χ3n) is 3.52. The molecule has 0 radical (unpaired) electrons. The molecule has 0 spiro atoms. The summed E-state index contributed by atoms with van der Waals surface area (Å²) in [6.07, 6.45) is 1.62. The van der Waals surface area contributed by atoms with Gasteiger partial charge >= 0.3 is 11.8 Å². The van der Waals surface area contributed by atoms with Gasteiger partial charge in [-0.3, -0.25) is 14.3 Å². The Labute approximate surface area is 120 Å². The van der Waals surface area contributed by atoms with Gasteiger partial charge in [-0.1, -0.05) is 13.8 Å². The van der Waals surface area contributed by atoms with Gasteiger partial charge in [0.2, 0.25) is 0 Å². The quantitative estimate of drug-likeness (QED) is 0.764. The number of aliphatic hydroxyl groups is 1. The van der Waals surface area contributed by atoms with Crippen LogP contribution in [0, 0.1) is 12.3 Å². The highest BCUT2D eigenvalue weighted by atomic mass is 16.5. The van der Waals surface area contributed by atoms with Gasteiger partial charge in [0.1, 0.15) is 6.23 Å². The second-order valence-corrected chi connectivity index (χ2v) is 5.52. The van der Waals surface area contributed by atoms with Crippen molar-refractivity contribution < 1.29 is 19.4 Å². The Balaban J connectivity index is 0.000000677. The molecule has 1 aliphatic rings. The number of hydrogen-bond donors (Lipinski definition) is 2. The minimum absolute atomic E-state index is 0.0828. The Morgan fingerprint density at radius 1 is 1.48 bits per heavy atom. The Bertz CT molecular complexity index is 639. The van der Waals surface area contributed by atoms with Gasteiger partial charge < -0.3 is 9.84 Å². The van der Waals surface area contributed by atoms with E-state index in [1.54, 1.807) is 6.92 Å². The molecule has 1 saturated heterocycles. The topological polar surface area (TPSA) is 118 Å². The van der Waals surface area contributed by atoms with Crippen molar-refractivity contribution in [2.45, 2.75) is 39.5 Å². The molecule has 1 aromatic heterocycles. The third-order valence-corrected chi connectivity index (χ3v) is 3.52. The van der Waals surface area contributed by atoms with Gasteiger partial charge in [-0.15, -0.1) is 0 Å². The molecular formula is C13H18N2O6. The molecule has 0 amide bonds. The summed E-state index contributed by atoms with van der Waals surface area (Å²) in [6.45, 7) is 5.52. The lowest BCUT2D eigenvalue weighted by Gasteiger charge is -2.22. The molecule has 8 nitrogen and oxygen atoms in total. The number of nitrogens with zero attached hydrogens (tertiary/aromatic N) is 1. The molecule has 116 valence electrons. The predicted octanol–water partition coefficient (Wildman–Crippen LogP) is -0.432. The normalized spacial score (nSPS) is 23.0. The highest BCUT2D eigenvalue weighted by molar-refractivity contribution is 5.20. The predicted molar refractivity (Wildman–Crippen MR) is 70.5 cm³/mol. The fourth-order valence-corrected chi connectivity index (χ4v) is 2.26. The largest absolute Gasteiger partial charge is 0.394 e. The zero-order valence-corrected chi connectivity index (χ0v) is 12.1. The average molecular weight is 298 g/mol. The molecule has 2 N–H and O–H groups in total. The van der Waals surface area contributed by atoms with E-state index in [9.17, 15) is 14.7 Å². The maximum Gasteiger partial charge on any atom is 0.373 e. The number of H-pyrrole nitrogens is 1. The molecule has 1 aliphatic heterocycles. The number of aromatic amines is 1. The van der Waals surface area contributed by atoms with Crippen LogP contribution >= 0.6 is 0 Å². The summed E-state index contributed by atoms with van der Waals surface area (Å²) in [5, 5.41) is 9.26. The first-order chi connectivity index (χ1) is 9.76. The van der Waals surface area contributed by atoms with E-state index in [2.05, 4.69) is 4.98 Å². The van der Waals surface area contributed by atoms with E-state index < -0.39 is 11.9 Å². The van der Waals surface area contributed by atoms with Crippen LogP contribution in [-0.4, -0.2) is 33.5 Å². The SMILES string of the molecule is Cc1cn([C@H]2CC(C)(C)[C@@H](CO)O2)c(=O)[nH]c1=O.O=C=O. The number of carbonyl (C=O) groups excluding carboxylic acids is 2. The second kappa shape index (κ2) is 6.62. The fourth-order valence-electron chi connectivity index (χ4n) is 2.26. The van der Waals surface area contributed by atoms with E-state index in [-0.39, 0.29) is 29.8 Å². The van der Waals surface area contributed by atoms with E-state index in [1.807, 2.05) is 13.8 Å². The minimum atomic E-state index is -0.481. The number of aryl methyl sites for hydroxylation is 1. The molecule has 1 aromatic rings. The summed E-state index contributed by atoms with van der Waals surface area (Å²) >= 11 is 0. The monoisotopic (exact) mass is 298 g/mol. The molecule has 0 bridgehead atoms. The van der Waals surface area contributed by atoms with Crippen LogP contribution in [0.1, 0.15) is 32.1 Å². The summed E-state index contributed by atoms with van der Waals surface area (Å²) in [7, 11) is 0. The zero-order valence-electron chi connectivity index (χ0n) is 12.1. The van der Waals surface area contributed by atoms with Crippen molar-refractivity contribution in [1.29, 1.82) is 0 Å². The number of aromatic nitrogens is 2. The lowest BCUT2D eigenvalue weighted by Crippen LogP contribution is -2.33.